The number of nitrogens with two attached hydrogens (primary N) is 1. The molecule has 0 fully saturated rings. The zero-order valence-electron chi connectivity index (χ0n) is 18.1. The van der Waals surface area contributed by atoms with Gasteiger partial charge in [0.25, 0.3) is 0 Å². The molecule has 2 aromatic carbocycles. The molecule has 33 heavy (non-hydrogen) atoms. The van der Waals surface area contributed by atoms with Gasteiger partial charge >= 0.3 is 11.4 Å². The Balaban J connectivity index is 1.73. The number of anilines is 2. The lowest BCUT2D eigenvalue weighted by Gasteiger charge is -2.16. The maximum absolute atomic E-state index is 13.4. The Hall–Kier alpha value is -4.40. The van der Waals surface area contributed by atoms with Crippen LogP contribution in [0.3, 0.4) is 0 Å². The number of nitrogen functional groups attached to an aromatic ring is 1. The Morgan fingerprint density at radius 1 is 0.939 bits per heavy atom. The standard InChI is InChI=1S/C24H24N6O3/c1-16-4-6-17(7-5-16)15-30-23(32)28-22(27-13-19-3-2-12-26-21(19)25)29(24(30)33)14-18-8-10-20(31)11-9-18/h2-12,31H,13-15H2,1H3,(H2,25,26)(H,27,28,32). The zero-order valence-corrected chi connectivity index (χ0v) is 18.1. The van der Waals surface area contributed by atoms with Crippen LogP contribution in [-0.2, 0) is 19.6 Å². The molecule has 0 aliphatic carbocycles. The first kappa shape index (κ1) is 21.8. The topological polar surface area (TPSA) is 128 Å². The third-order valence-corrected chi connectivity index (χ3v) is 5.25. The smallest absolute Gasteiger partial charge is 0.355 e. The van der Waals surface area contributed by atoms with Crippen LogP contribution in [0.5, 0.6) is 5.75 Å². The Morgan fingerprint density at radius 2 is 1.58 bits per heavy atom. The van der Waals surface area contributed by atoms with Crippen molar-refractivity contribution in [3.8, 4) is 5.75 Å². The third-order valence-electron chi connectivity index (χ3n) is 5.25. The van der Waals surface area contributed by atoms with Crippen LogP contribution in [0.4, 0.5) is 11.8 Å². The number of phenolic OH excluding ortho intramolecular Hbond substituents is 1. The lowest BCUT2D eigenvalue weighted by atomic mass is 10.1. The summed E-state index contributed by atoms with van der Waals surface area (Å²) in [5.74, 6) is 0.602. The summed E-state index contributed by atoms with van der Waals surface area (Å²) in [7, 11) is 0. The molecule has 9 heteroatoms. The van der Waals surface area contributed by atoms with Crippen molar-refractivity contribution in [2.75, 3.05) is 11.1 Å². The largest absolute Gasteiger partial charge is 0.508 e. The van der Waals surface area contributed by atoms with Gasteiger partial charge in [-0.25, -0.2) is 19.1 Å². The van der Waals surface area contributed by atoms with E-state index in [1.165, 1.54) is 4.57 Å². The average molecular weight is 444 g/mol. The van der Waals surface area contributed by atoms with E-state index in [0.717, 1.165) is 21.3 Å². The van der Waals surface area contributed by atoms with E-state index >= 15 is 0 Å². The van der Waals surface area contributed by atoms with Crippen molar-refractivity contribution in [3.63, 3.8) is 0 Å². The molecule has 0 unspecified atom stereocenters. The number of phenols is 1. The van der Waals surface area contributed by atoms with Gasteiger partial charge < -0.3 is 16.2 Å². The summed E-state index contributed by atoms with van der Waals surface area (Å²) in [5, 5.41) is 12.6. The second kappa shape index (κ2) is 9.39. The SMILES string of the molecule is Cc1ccc(Cn2c(=O)nc(NCc3cccnc3N)n(Cc3ccc(O)cc3)c2=O)cc1. The van der Waals surface area contributed by atoms with Crippen LogP contribution in [0.25, 0.3) is 0 Å². The van der Waals surface area contributed by atoms with E-state index in [1.54, 1.807) is 42.6 Å². The van der Waals surface area contributed by atoms with Gasteiger partial charge in [-0.2, -0.15) is 4.98 Å². The quantitative estimate of drug-likeness (QED) is 0.398. The van der Waals surface area contributed by atoms with Crippen molar-refractivity contribution in [1.82, 2.24) is 19.1 Å². The van der Waals surface area contributed by atoms with Crippen LogP contribution in [0.1, 0.15) is 22.3 Å². The van der Waals surface area contributed by atoms with Gasteiger partial charge in [-0.15, -0.1) is 0 Å². The predicted octanol–water partition coefficient (Wildman–Crippen LogP) is 2.10. The normalized spacial score (nSPS) is 10.8. The monoisotopic (exact) mass is 444 g/mol. The molecule has 168 valence electrons. The number of pyridine rings is 1. The number of hydrogen-bond donors (Lipinski definition) is 3. The third kappa shape index (κ3) is 5.09. The summed E-state index contributed by atoms with van der Waals surface area (Å²) >= 11 is 0. The van der Waals surface area contributed by atoms with E-state index in [0.29, 0.717) is 11.4 Å². The number of nitrogens with one attached hydrogen (secondary N) is 1. The number of aromatic nitrogens is 4. The highest BCUT2D eigenvalue weighted by Gasteiger charge is 2.15. The first-order chi connectivity index (χ1) is 15.9. The summed E-state index contributed by atoms with van der Waals surface area (Å²) < 4.78 is 2.50. The van der Waals surface area contributed by atoms with Crippen LogP contribution in [0, 0.1) is 6.92 Å². The lowest BCUT2D eigenvalue weighted by molar-refractivity contribution is 0.475. The fourth-order valence-electron chi connectivity index (χ4n) is 3.38. The minimum absolute atomic E-state index is 0.107. The van der Waals surface area contributed by atoms with Gasteiger partial charge in [-0.05, 0) is 36.2 Å². The lowest BCUT2D eigenvalue weighted by Crippen LogP contribution is -2.43. The highest BCUT2D eigenvalue weighted by Crippen LogP contribution is 2.13. The first-order valence-corrected chi connectivity index (χ1v) is 10.4. The second-order valence-corrected chi connectivity index (χ2v) is 7.73. The molecule has 0 bridgehead atoms. The molecule has 4 aromatic rings. The molecular weight excluding hydrogens is 420 g/mol. The summed E-state index contributed by atoms with van der Waals surface area (Å²) in [6.45, 7) is 2.47. The molecule has 0 saturated carbocycles. The van der Waals surface area contributed by atoms with Gasteiger partial charge in [0.1, 0.15) is 11.6 Å². The molecule has 4 N–H and O–H groups in total. The number of hydrogen-bond acceptors (Lipinski definition) is 7. The number of nitrogens with zero attached hydrogens (tertiary/aromatic N) is 4. The van der Waals surface area contributed by atoms with Crippen molar-refractivity contribution >= 4 is 11.8 Å². The predicted molar refractivity (Wildman–Crippen MR) is 126 cm³/mol. The van der Waals surface area contributed by atoms with Crippen LogP contribution in [0.15, 0.2) is 76.4 Å². The van der Waals surface area contributed by atoms with E-state index in [2.05, 4.69) is 15.3 Å². The molecule has 0 atom stereocenters. The molecule has 0 saturated heterocycles. The van der Waals surface area contributed by atoms with Gasteiger partial charge in [-0.3, -0.25) is 4.57 Å². The van der Waals surface area contributed by atoms with Crippen molar-refractivity contribution < 1.29 is 5.11 Å². The fourth-order valence-corrected chi connectivity index (χ4v) is 3.38. The van der Waals surface area contributed by atoms with Crippen molar-refractivity contribution in [2.24, 2.45) is 0 Å². The molecule has 2 heterocycles. The number of rotatable bonds is 7. The van der Waals surface area contributed by atoms with Crippen molar-refractivity contribution in [2.45, 2.75) is 26.6 Å². The first-order valence-electron chi connectivity index (χ1n) is 10.4. The van der Waals surface area contributed by atoms with Crippen LogP contribution >= 0.6 is 0 Å². The van der Waals surface area contributed by atoms with E-state index in [-0.39, 0.29) is 31.3 Å². The van der Waals surface area contributed by atoms with Crippen LogP contribution in [0.2, 0.25) is 0 Å². The van der Waals surface area contributed by atoms with E-state index in [1.807, 2.05) is 31.2 Å². The summed E-state index contributed by atoms with van der Waals surface area (Å²) in [5.41, 5.74) is 8.15. The van der Waals surface area contributed by atoms with E-state index in [4.69, 9.17) is 5.73 Å². The summed E-state index contributed by atoms with van der Waals surface area (Å²) in [4.78, 5) is 34.4. The summed E-state index contributed by atoms with van der Waals surface area (Å²) in [6, 6.07) is 17.7. The van der Waals surface area contributed by atoms with Crippen molar-refractivity contribution in [1.29, 1.82) is 0 Å². The molecule has 4 rings (SSSR count). The van der Waals surface area contributed by atoms with E-state index in [9.17, 15) is 14.7 Å². The zero-order chi connectivity index (χ0) is 23.4. The Kier molecular flexibility index (Phi) is 6.21. The molecular formula is C24H24N6O3. The molecule has 0 aliphatic heterocycles. The van der Waals surface area contributed by atoms with Gasteiger partial charge in [0, 0.05) is 18.3 Å². The maximum atomic E-state index is 13.4. The number of aryl methyl sites for hydroxylation is 1. The Morgan fingerprint density at radius 3 is 2.24 bits per heavy atom. The van der Waals surface area contributed by atoms with Gasteiger partial charge in [0.2, 0.25) is 5.95 Å². The molecule has 0 amide bonds. The fraction of sp³-hybridized carbons (Fsp3) is 0.167. The molecule has 2 aromatic heterocycles. The average Bonchev–Trinajstić information content (AvgIpc) is 2.81. The van der Waals surface area contributed by atoms with Gasteiger partial charge in [0.05, 0.1) is 13.1 Å². The Labute approximate surface area is 189 Å². The van der Waals surface area contributed by atoms with Gasteiger partial charge in [0.15, 0.2) is 0 Å². The maximum Gasteiger partial charge on any atom is 0.355 e. The van der Waals surface area contributed by atoms with Crippen molar-refractivity contribution in [3.05, 3.63) is 110 Å². The number of aromatic hydroxyl groups is 1. The molecule has 0 aliphatic rings. The minimum atomic E-state index is -0.649. The highest BCUT2D eigenvalue weighted by atomic mass is 16.3. The van der Waals surface area contributed by atoms with Crippen LogP contribution < -0.4 is 22.4 Å². The minimum Gasteiger partial charge on any atom is -0.508 e. The van der Waals surface area contributed by atoms with Crippen LogP contribution in [-0.4, -0.2) is 24.2 Å². The molecule has 0 spiro atoms. The summed E-state index contributed by atoms with van der Waals surface area (Å²) in [6.07, 6.45) is 1.59. The highest BCUT2D eigenvalue weighted by molar-refractivity contribution is 5.41. The van der Waals surface area contributed by atoms with Gasteiger partial charge in [-0.1, -0.05) is 48.0 Å². The molecule has 0 radical (unpaired) electrons. The molecule has 9 nitrogen and oxygen atoms in total. The van der Waals surface area contributed by atoms with E-state index < -0.39 is 11.4 Å². The second-order valence-electron chi connectivity index (χ2n) is 7.73. The Bertz CT molecular complexity index is 1380. The number of benzene rings is 2.